The summed E-state index contributed by atoms with van der Waals surface area (Å²) >= 11 is 0. The van der Waals surface area contributed by atoms with Crippen LogP contribution in [0.4, 0.5) is 0 Å². The van der Waals surface area contributed by atoms with Gasteiger partial charge in [-0.1, -0.05) is 32.0 Å². The van der Waals surface area contributed by atoms with Crippen molar-refractivity contribution >= 4 is 23.6 Å². The zero-order valence-corrected chi connectivity index (χ0v) is 26.7. The molecule has 4 amide bonds. The smallest absolute Gasteiger partial charge is 0.245 e. The van der Waals surface area contributed by atoms with Gasteiger partial charge in [0.05, 0.1) is 12.8 Å². The van der Waals surface area contributed by atoms with Crippen LogP contribution in [0.2, 0.25) is 0 Å². The summed E-state index contributed by atoms with van der Waals surface area (Å²) in [7, 11) is 3.15. The average Bonchev–Trinajstić information content (AvgIpc) is 3.01. The summed E-state index contributed by atoms with van der Waals surface area (Å²) in [4.78, 5) is 61.6. The van der Waals surface area contributed by atoms with Gasteiger partial charge in [-0.05, 0) is 68.5 Å². The molecule has 0 bridgehead atoms. The molecule has 3 N–H and O–H groups in total. The number of carbonyl (C=O) groups is 4. The van der Waals surface area contributed by atoms with Crippen LogP contribution < -0.4 is 20.7 Å². The van der Waals surface area contributed by atoms with Crippen LogP contribution in [0.1, 0.15) is 57.7 Å². The lowest BCUT2D eigenvalue weighted by Crippen LogP contribution is -2.57. The van der Waals surface area contributed by atoms with E-state index in [1.165, 1.54) is 4.90 Å². The van der Waals surface area contributed by atoms with Gasteiger partial charge in [-0.2, -0.15) is 0 Å². The molecule has 1 saturated heterocycles. The third-order valence-corrected chi connectivity index (χ3v) is 7.82. The first kappa shape index (κ1) is 34.5. The van der Waals surface area contributed by atoms with Gasteiger partial charge in [-0.25, -0.2) is 0 Å². The number of nitrogens with one attached hydrogen (secondary N) is 3. The Kier molecular flexibility index (Phi) is 13.6. The van der Waals surface area contributed by atoms with Crippen molar-refractivity contribution in [2.24, 2.45) is 5.92 Å². The molecule has 1 aromatic carbocycles. The number of hydrogen-bond donors (Lipinski definition) is 3. The molecule has 1 aromatic heterocycles. The molecule has 0 aliphatic carbocycles. The monoisotopic (exact) mass is 608 g/mol. The van der Waals surface area contributed by atoms with Crippen molar-refractivity contribution in [1.29, 1.82) is 0 Å². The molecule has 1 aliphatic heterocycles. The van der Waals surface area contributed by atoms with E-state index >= 15 is 0 Å². The Morgan fingerprint density at radius 1 is 0.955 bits per heavy atom. The summed E-state index contributed by atoms with van der Waals surface area (Å²) < 4.78 is 5.25. The van der Waals surface area contributed by atoms with Gasteiger partial charge in [-0.15, -0.1) is 0 Å². The van der Waals surface area contributed by atoms with E-state index in [0.29, 0.717) is 51.2 Å². The van der Waals surface area contributed by atoms with Gasteiger partial charge in [0.1, 0.15) is 23.9 Å². The zero-order valence-electron chi connectivity index (χ0n) is 26.7. The van der Waals surface area contributed by atoms with E-state index in [2.05, 4.69) is 25.8 Å². The van der Waals surface area contributed by atoms with E-state index < -0.39 is 29.9 Å². The lowest BCUT2D eigenvalue weighted by molar-refractivity contribution is -0.141. The van der Waals surface area contributed by atoms with Gasteiger partial charge in [0.15, 0.2) is 0 Å². The first-order valence-corrected chi connectivity index (χ1v) is 15.5. The number of amides is 4. The second-order valence-corrected chi connectivity index (χ2v) is 11.8. The fraction of sp³-hybridized carbons (Fsp3) is 0.545. The lowest BCUT2D eigenvalue weighted by Gasteiger charge is -2.30. The summed E-state index contributed by atoms with van der Waals surface area (Å²) in [6.45, 7) is 8.06. The van der Waals surface area contributed by atoms with E-state index in [1.54, 1.807) is 39.4 Å². The number of methoxy groups -OCH3 is 1. The van der Waals surface area contributed by atoms with Gasteiger partial charge in [-0.3, -0.25) is 29.1 Å². The van der Waals surface area contributed by atoms with Crippen molar-refractivity contribution in [3.63, 3.8) is 0 Å². The van der Waals surface area contributed by atoms with E-state index in [0.717, 1.165) is 11.3 Å². The van der Waals surface area contributed by atoms with Crippen LogP contribution in [0.5, 0.6) is 5.75 Å². The van der Waals surface area contributed by atoms with Crippen LogP contribution in [-0.2, 0) is 32.1 Å². The van der Waals surface area contributed by atoms with Crippen molar-refractivity contribution in [2.75, 3.05) is 33.8 Å². The van der Waals surface area contributed by atoms with Crippen LogP contribution in [0, 0.1) is 5.92 Å². The van der Waals surface area contributed by atoms with Crippen molar-refractivity contribution in [3.8, 4) is 5.75 Å². The third-order valence-electron chi connectivity index (χ3n) is 7.82. The number of pyridine rings is 1. The summed E-state index contributed by atoms with van der Waals surface area (Å²) in [6, 6.07) is 10.5. The minimum absolute atomic E-state index is 0.125. The Morgan fingerprint density at radius 2 is 1.68 bits per heavy atom. The predicted molar refractivity (Wildman–Crippen MR) is 169 cm³/mol. The van der Waals surface area contributed by atoms with Crippen LogP contribution in [-0.4, -0.2) is 90.3 Å². The molecule has 2 aromatic rings. The number of likely N-dealkylation sites (N-methyl/N-ethyl adjacent to an activating group) is 1. The first-order valence-electron chi connectivity index (χ1n) is 15.5. The molecule has 3 rings (SSSR count). The number of hydrogen-bond acceptors (Lipinski definition) is 7. The predicted octanol–water partition coefficient (Wildman–Crippen LogP) is 2.30. The van der Waals surface area contributed by atoms with Crippen molar-refractivity contribution in [1.82, 2.24) is 30.7 Å². The number of carbonyl (C=O) groups excluding carboxylic acids is 4. The van der Waals surface area contributed by atoms with Gasteiger partial charge in [0.2, 0.25) is 23.6 Å². The fourth-order valence-corrected chi connectivity index (χ4v) is 5.17. The Hall–Kier alpha value is -3.99. The summed E-state index contributed by atoms with van der Waals surface area (Å²) in [5.41, 5.74) is 1.74. The molecule has 0 radical (unpaired) electrons. The summed E-state index contributed by atoms with van der Waals surface area (Å²) in [6.07, 6.45) is 3.93. The number of aromatic nitrogens is 1. The molecule has 3 atom stereocenters. The van der Waals surface area contributed by atoms with E-state index in [9.17, 15) is 19.2 Å². The maximum Gasteiger partial charge on any atom is 0.245 e. The number of rotatable bonds is 7. The second-order valence-electron chi connectivity index (χ2n) is 11.8. The molecular weight excluding hydrogens is 560 g/mol. The number of nitrogens with zero attached hydrogens (tertiary/aromatic N) is 3. The lowest BCUT2D eigenvalue weighted by atomic mass is 10.00. The molecule has 2 heterocycles. The maximum atomic E-state index is 13.8. The highest BCUT2D eigenvalue weighted by Crippen LogP contribution is 2.15. The molecule has 1 aliphatic rings. The minimum atomic E-state index is -0.943. The highest BCUT2D eigenvalue weighted by molar-refractivity contribution is 5.94. The van der Waals surface area contributed by atoms with Gasteiger partial charge in [0, 0.05) is 45.7 Å². The Bertz CT molecular complexity index is 1220. The second kappa shape index (κ2) is 17.3. The molecule has 11 nitrogen and oxygen atoms in total. The third kappa shape index (κ3) is 10.9. The van der Waals surface area contributed by atoms with E-state index in [1.807, 2.05) is 44.2 Å². The first-order chi connectivity index (χ1) is 21.1. The SMILES string of the molecule is COc1ccc(C[C@@H]2NC(=O)[C@@H](CC(C)C)NC(=O)CCCN(Cc3ccccn3)CCCNC(=O)[C@H](C)N(C)C2=O)cc1. The molecule has 44 heavy (non-hydrogen) atoms. The molecular formula is C33H48N6O5. The molecule has 0 spiro atoms. The number of benzene rings is 1. The minimum Gasteiger partial charge on any atom is -0.497 e. The fourth-order valence-electron chi connectivity index (χ4n) is 5.17. The van der Waals surface area contributed by atoms with Crippen molar-refractivity contribution < 1.29 is 23.9 Å². The van der Waals surface area contributed by atoms with Crippen LogP contribution in [0.3, 0.4) is 0 Å². The maximum absolute atomic E-state index is 13.8. The van der Waals surface area contributed by atoms with Gasteiger partial charge >= 0.3 is 0 Å². The van der Waals surface area contributed by atoms with E-state index in [4.69, 9.17) is 4.74 Å². The standard InChI is InChI=1S/C33H48N6O5/c1-23(2)20-28-32(42)37-29(21-25-12-14-27(44-5)15-13-25)33(43)38(4)24(3)31(41)35-17-9-19-39(18-8-11-30(40)36-28)22-26-10-6-7-16-34-26/h6-7,10,12-16,23-24,28-29H,8-9,11,17-22H2,1-5H3,(H,35,41)(H,36,40)(H,37,42)/t24-,28+,29-/m0/s1. The van der Waals surface area contributed by atoms with Crippen LogP contribution in [0.15, 0.2) is 48.7 Å². The molecule has 0 saturated carbocycles. The van der Waals surface area contributed by atoms with E-state index in [-0.39, 0.29) is 30.6 Å². The number of ether oxygens (including phenoxy) is 1. The molecule has 0 unspecified atom stereocenters. The summed E-state index contributed by atoms with van der Waals surface area (Å²) in [5, 5.41) is 8.78. The normalized spacial score (nSPS) is 22.0. The average molecular weight is 609 g/mol. The van der Waals surface area contributed by atoms with Crippen LogP contribution >= 0.6 is 0 Å². The van der Waals surface area contributed by atoms with Gasteiger partial charge < -0.3 is 25.6 Å². The molecule has 240 valence electrons. The largest absolute Gasteiger partial charge is 0.497 e. The van der Waals surface area contributed by atoms with Crippen molar-refractivity contribution in [3.05, 3.63) is 59.9 Å². The Morgan fingerprint density at radius 3 is 2.34 bits per heavy atom. The zero-order chi connectivity index (χ0) is 32.1. The highest BCUT2D eigenvalue weighted by atomic mass is 16.5. The molecule has 1 fully saturated rings. The summed E-state index contributed by atoms with van der Waals surface area (Å²) in [5.74, 6) is -0.495. The topological polar surface area (TPSA) is 133 Å². The van der Waals surface area contributed by atoms with Crippen molar-refractivity contribution in [2.45, 2.75) is 77.5 Å². The highest BCUT2D eigenvalue weighted by Gasteiger charge is 2.32. The quantitative estimate of drug-likeness (QED) is 0.439. The van der Waals surface area contributed by atoms with Gasteiger partial charge in [0.25, 0.3) is 0 Å². The Balaban J connectivity index is 1.83. The Labute approximate surface area is 261 Å². The van der Waals surface area contributed by atoms with Crippen LogP contribution in [0.25, 0.3) is 0 Å². The molecule has 11 heteroatoms.